The number of carbonyl (C=O) groups is 2. The molecule has 1 fully saturated rings. The zero-order valence-electron chi connectivity index (χ0n) is 17.2. The summed E-state index contributed by atoms with van der Waals surface area (Å²) in [4.78, 5) is 30.0. The fourth-order valence-corrected chi connectivity index (χ4v) is 3.47. The highest BCUT2D eigenvalue weighted by molar-refractivity contribution is 6.30. The van der Waals surface area contributed by atoms with Crippen molar-refractivity contribution in [2.45, 2.75) is 25.6 Å². The summed E-state index contributed by atoms with van der Waals surface area (Å²) >= 11 is 6.04. The maximum Gasteiger partial charge on any atom is 0.490 e. The van der Waals surface area contributed by atoms with Gasteiger partial charge in [-0.15, -0.1) is 5.10 Å². The lowest BCUT2D eigenvalue weighted by molar-refractivity contribution is -0.192. The Morgan fingerprint density at radius 1 is 1.24 bits per heavy atom. The molecular formula is C20H20ClF3N6O3. The zero-order chi connectivity index (χ0) is 24.0. The largest absolute Gasteiger partial charge is 0.490 e. The highest BCUT2D eigenvalue weighted by Gasteiger charge is 2.38. The van der Waals surface area contributed by atoms with Crippen molar-refractivity contribution in [3.63, 3.8) is 0 Å². The van der Waals surface area contributed by atoms with Gasteiger partial charge in [-0.05, 0) is 30.9 Å². The number of amides is 1. The Morgan fingerprint density at radius 3 is 2.52 bits per heavy atom. The minimum Gasteiger partial charge on any atom is -0.475 e. The van der Waals surface area contributed by atoms with E-state index in [4.69, 9.17) is 21.5 Å². The molecule has 0 radical (unpaired) electrons. The second-order valence-corrected chi connectivity index (χ2v) is 7.75. The molecule has 0 saturated carbocycles. The van der Waals surface area contributed by atoms with Crippen LogP contribution in [-0.4, -0.2) is 66.1 Å². The minimum atomic E-state index is -5.08. The third-order valence-corrected chi connectivity index (χ3v) is 5.18. The molecule has 33 heavy (non-hydrogen) atoms. The molecule has 1 aromatic carbocycles. The van der Waals surface area contributed by atoms with Crippen molar-refractivity contribution in [2.75, 3.05) is 13.1 Å². The number of hydrogen-bond donors (Lipinski definition) is 2. The van der Waals surface area contributed by atoms with Crippen LogP contribution in [0.1, 0.15) is 23.5 Å². The number of rotatable bonds is 4. The summed E-state index contributed by atoms with van der Waals surface area (Å²) in [6, 6.07) is 7.60. The molecule has 0 spiro atoms. The number of carbonyl (C=O) groups excluding carboxylic acids is 1. The first kappa shape index (κ1) is 24.2. The van der Waals surface area contributed by atoms with E-state index in [1.54, 1.807) is 12.4 Å². The summed E-state index contributed by atoms with van der Waals surface area (Å²) in [5.41, 5.74) is 1.78. The fraction of sp³-hybridized carbons (Fsp3) is 0.350. The van der Waals surface area contributed by atoms with E-state index in [2.05, 4.69) is 20.3 Å². The molecule has 1 aliphatic heterocycles. The van der Waals surface area contributed by atoms with Gasteiger partial charge in [-0.3, -0.25) is 9.48 Å². The Balaban J connectivity index is 0.000000383. The van der Waals surface area contributed by atoms with Gasteiger partial charge in [0.05, 0.1) is 6.20 Å². The van der Waals surface area contributed by atoms with Crippen molar-refractivity contribution in [1.29, 1.82) is 0 Å². The van der Waals surface area contributed by atoms with Gasteiger partial charge in [-0.2, -0.15) is 13.2 Å². The van der Waals surface area contributed by atoms with Gasteiger partial charge in [0, 0.05) is 42.6 Å². The van der Waals surface area contributed by atoms with Gasteiger partial charge in [0.2, 0.25) is 0 Å². The number of aromatic amines is 1. The number of halogens is 4. The molecule has 3 aromatic rings. The van der Waals surface area contributed by atoms with Crippen LogP contribution in [0.4, 0.5) is 13.2 Å². The lowest BCUT2D eigenvalue weighted by atomic mass is 9.97. The number of piperidine rings is 1. The average Bonchev–Trinajstić information content (AvgIpc) is 3.46. The average molecular weight is 485 g/mol. The van der Waals surface area contributed by atoms with Crippen molar-refractivity contribution >= 4 is 23.5 Å². The van der Waals surface area contributed by atoms with Crippen LogP contribution < -0.4 is 0 Å². The van der Waals surface area contributed by atoms with Crippen molar-refractivity contribution in [3.05, 3.63) is 53.7 Å². The van der Waals surface area contributed by atoms with E-state index < -0.39 is 12.1 Å². The molecule has 1 amide bonds. The van der Waals surface area contributed by atoms with E-state index in [1.165, 1.54) is 0 Å². The molecule has 0 aliphatic carbocycles. The highest BCUT2D eigenvalue weighted by atomic mass is 35.5. The second kappa shape index (κ2) is 10.5. The van der Waals surface area contributed by atoms with Gasteiger partial charge in [0.15, 0.2) is 5.82 Å². The van der Waals surface area contributed by atoms with E-state index in [-0.39, 0.29) is 5.91 Å². The summed E-state index contributed by atoms with van der Waals surface area (Å²) in [6.07, 6.45) is 2.02. The first-order valence-corrected chi connectivity index (χ1v) is 10.3. The molecular weight excluding hydrogens is 465 g/mol. The van der Waals surface area contributed by atoms with Crippen LogP contribution in [0.15, 0.2) is 42.9 Å². The number of likely N-dealkylation sites (tertiary alicyclic amines) is 1. The van der Waals surface area contributed by atoms with E-state index in [0.29, 0.717) is 16.8 Å². The summed E-state index contributed by atoms with van der Waals surface area (Å²) < 4.78 is 33.6. The molecule has 4 rings (SSSR count). The monoisotopic (exact) mass is 484 g/mol. The van der Waals surface area contributed by atoms with E-state index in [0.717, 1.165) is 43.7 Å². The summed E-state index contributed by atoms with van der Waals surface area (Å²) in [6.45, 7) is 2.27. The number of alkyl halides is 3. The summed E-state index contributed by atoms with van der Waals surface area (Å²) in [5, 5.41) is 16.3. The molecule has 1 aliphatic rings. The number of carboxylic acid groups (broad SMARTS) is 1. The Morgan fingerprint density at radius 2 is 1.94 bits per heavy atom. The zero-order valence-corrected chi connectivity index (χ0v) is 17.9. The first-order chi connectivity index (χ1) is 15.6. The molecule has 9 nitrogen and oxygen atoms in total. The topological polar surface area (TPSA) is 117 Å². The molecule has 176 valence electrons. The molecule has 13 heteroatoms. The Labute approximate surface area is 191 Å². The van der Waals surface area contributed by atoms with Gasteiger partial charge in [0.25, 0.3) is 5.91 Å². The van der Waals surface area contributed by atoms with Crippen molar-refractivity contribution in [2.24, 2.45) is 5.92 Å². The molecule has 0 unspecified atom stereocenters. The van der Waals surface area contributed by atoms with E-state index >= 15 is 0 Å². The first-order valence-electron chi connectivity index (χ1n) is 9.88. The summed E-state index contributed by atoms with van der Waals surface area (Å²) in [7, 11) is 0. The quantitative estimate of drug-likeness (QED) is 0.585. The van der Waals surface area contributed by atoms with E-state index in [1.807, 2.05) is 40.0 Å². The van der Waals surface area contributed by atoms with Gasteiger partial charge in [-0.25, -0.2) is 9.78 Å². The molecule has 1 saturated heterocycles. The molecule has 0 atom stereocenters. The normalized spacial score (nSPS) is 14.5. The number of aliphatic carboxylic acids is 1. The number of nitrogens with one attached hydrogen (secondary N) is 1. The lowest BCUT2D eigenvalue weighted by Gasteiger charge is -2.31. The van der Waals surface area contributed by atoms with Crippen LogP contribution >= 0.6 is 11.6 Å². The number of H-pyrrole nitrogens is 1. The maximum atomic E-state index is 12.3. The Hall–Kier alpha value is -3.41. The number of carboxylic acids is 1. The number of hydrogen-bond acceptors (Lipinski definition) is 5. The van der Waals surface area contributed by atoms with Crippen LogP contribution in [-0.2, 0) is 11.3 Å². The van der Waals surface area contributed by atoms with Crippen molar-refractivity contribution in [3.8, 4) is 11.3 Å². The number of aromatic nitrogens is 5. The van der Waals surface area contributed by atoms with Crippen LogP contribution in [0.2, 0.25) is 5.02 Å². The highest BCUT2D eigenvalue weighted by Crippen LogP contribution is 2.23. The van der Waals surface area contributed by atoms with E-state index in [9.17, 15) is 18.0 Å². The molecule has 3 heterocycles. The van der Waals surface area contributed by atoms with Gasteiger partial charge >= 0.3 is 12.1 Å². The lowest BCUT2D eigenvalue weighted by Crippen LogP contribution is -2.39. The predicted molar refractivity (Wildman–Crippen MR) is 111 cm³/mol. The minimum absolute atomic E-state index is 0.0301. The number of imidazole rings is 1. The van der Waals surface area contributed by atoms with Crippen LogP contribution in [0.25, 0.3) is 11.3 Å². The van der Waals surface area contributed by atoms with Crippen molar-refractivity contribution < 1.29 is 27.9 Å². The van der Waals surface area contributed by atoms with Crippen LogP contribution in [0.3, 0.4) is 0 Å². The SMILES string of the molecule is O=C(O)C(F)(F)F.O=C(c1ncc[nH]1)N1CCC(Cn2cc(-c3cccc(Cl)c3)nn2)CC1. The standard InChI is InChI=1S/C18H19ClN6O.C2HF3O2/c19-15-3-1-2-14(10-15)16-12-25(23-22-16)11-13-4-8-24(9-5-13)18(26)17-20-6-7-21-17;3-2(4,5)1(6)7/h1-3,6-7,10,12-13H,4-5,8-9,11H2,(H,20,21);(H,6,7). The second-order valence-electron chi connectivity index (χ2n) is 7.31. The third kappa shape index (κ3) is 6.78. The number of benzene rings is 1. The molecule has 2 aromatic heterocycles. The smallest absolute Gasteiger partial charge is 0.475 e. The molecule has 0 bridgehead atoms. The molecule has 2 N–H and O–H groups in total. The Bertz CT molecular complexity index is 1080. The summed E-state index contributed by atoms with van der Waals surface area (Å²) in [5.74, 6) is -1.90. The van der Waals surface area contributed by atoms with Crippen molar-refractivity contribution in [1.82, 2.24) is 29.9 Å². The van der Waals surface area contributed by atoms with Gasteiger partial charge in [0.1, 0.15) is 5.69 Å². The maximum absolute atomic E-state index is 12.3. The third-order valence-electron chi connectivity index (χ3n) is 4.95. The van der Waals surface area contributed by atoms with Crippen LogP contribution in [0, 0.1) is 5.92 Å². The predicted octanol–water partition coefficient (Wildman–Crippen LogP) is 3.51. The van der Waals surface area contributed by atoms with Gasteiger partial charge in [-0.1, -0.05) is 28.9 Å². The fourth-order valence-electron chi connectivity index (χ4n) is 3.28. The Kier molecular flexibility index (Phi) is 7.69. The van der Waals surface area contributed by atoms with Crippen LogP contribution in [0.5, 0.6) is 0 Å². The van der Waals surface area contributed by atoms with Gasteiger partial charge < -0.3 is 15.0 Å². The number of nitrogens with zero attached hydrogens (tertiary/aromatic N) is 5.